The molecule has 1 saturated carbocycles. The smallest absolute Gasteiger partial charge is 0.229 e. The SMILES string of the molecule is CS(=O)(=O)Nc1cccc(C(O)CNC2CC2)c1. The molecule has 0 heterocycles. The van der Waals surface area contributed by atoms with Crippen LogP contribution >= 0.6 is 0 Å². The summed E-state index contributed by atoms with van der Waals surface area (Å²) in [5.41, 5.74) is 1.18. The molecule has 1 atom stereocenters. The molecule has 0 radical (unpaired) electrons. The lowest BCUT2D eigenvalue weighted by Gasteiger charge is -2.13. The van der Waals surface area contributed by atoms with E-state index in [2.05, 4.69) is 10.0 Å². The van der Waals surface area contributed by atoms with E-state index >= 15 is 0 Å². The van der Waals surface area contributed by atoms with Crippen LogP contribution in [0.3, 0.4) is 0 Å². The van der Waals surface area contributed by atoms with Crippen molar-refractivity contribution >= 4 is 15.7 Å². The van der Waals surface area contributed by atoms with Gasteiger partial charge in [-0.1, -0.05) is 12.1 Å². The second kappa shape index (κ2) is 5.26. The van der Waals surface area contributed by atoms with E-state index < -0.39 is 16.1 Å². The van der Waals surface area contributed by atoms with Crippen LogP contribution in [-0.4, -0.2) is 32.4 Å². The highest BCUT2D eigenvalue weighted by Crippen LogP contribution is 2.21. The van der Waals surface area contributed by atoms with Gasteiger partial charge in [-0.15, -0.1) is 0 Å². The van der Waals surface area contributed by atoms with Crippen LogP contribution in [-0.2, 0) is 10.0 Å². The standard InChI is InChI=1S/C12H18N2O3S/c1-18(16,17)14-11-4-2-3-9(7-11)12(15)8-13-10-5-6-10/h2-4,7,10,12-15H,5-6,8H2,1H3. The summed E-state index contributed by atoms with van der Waals surface area (Å²) < 4.78 is 24.6. The Morgan fingerprint density at radius 3 is 2.78 bits per heavy atom. The molecule has 5 nitrogen and oxygen atoms in total. The minimum atomic E-state index is -3.28. The first kappa shape index (κ1) is 13.3. The molecule has 18 heavy (non-hydrogen) atoms. The first-order valence-electron chi connectivity index (χ1n) is 5.93. The normalized spacial score (nSPS) is 17.4. The molecular weight excluding hydrogens is 252 g/mol. The molecule has 1 aliphatic rings. The monoisotopic (exact) mass is 270 g/mol. The molecule has 1 fully saturated rings. The van der Waals surface area contributed by atoms with Crippen molar-refractivity contribution in [3.63, 3.8) is 0 Å². The van der Waals surface area contributed by atoms with Crippen molar-refractivity contribution in [1.29, 1.82) is 0 Å². The summed E-state index contributed by atoms with van der Waals surface area (Å²) in [5, 5.41) is 13.2. The van der Waals surface area contributed by atoms with Gasteiger partial charge in [-0.2, -0.15) is 0 Å². The van der Waals surface area contributed by atoms with E-state index in [1.807, 2.05) is 0 Å². The fraction of sp³-hybridized carbons (Fsp3) is 0.500. The molecule has 100 valence electrons. The summed E-state index contributed by atoms with van der Waals surface area (Å²) in [6.45, 7) is 0.493. The van der Waals surface area contributed by atoms with Crippen molar-refractivity contribution in [2.75, 3.05) is 17.5 Å². The third-order valence-electron chi connectivity index (χ3n) is 2.75. The molecule has 0 bridgehead atoms. The van der Waals surface area contributed by atoms with Gasteiger partial charge >= 0.3 is 0 Å². The Morgan fingerprint density at radius 1 is 1.44 bits per heavy atom. The van der Waals surface area contributed by atoms with Crippen molar-refractivity contribution in [3.8, 4) is 0 Å². The first-order valence-corrected chi connectivity index (χ1v) is 7.82. The summed E-state index contributed by atoms with van der Waals surface area (Å²) in [7, 11) is -3.28. The molecule has 6 heteroatoms. The predicted octanol–water partition coefficient (Wildman–Crippen LogP) is 0.843. The van der Waals surface area contributed by atoms with Gasteiger partial charge in [-0.05, 0) is 30.5 Å². The highest BCUT2D eigenvalue weighted by molar-refractivity contribution is 7.92. The molecule has 1 aromatic rings. The average Bonchev–Trinajstić information content (AvgIpc) is 3.07. The van der Waals surface area contributed by atoms with Crippen LogP contribution in [0.4, 0.5) is 5.69 Å². The van der Waals surface area contributed by atoms with E-state index in [0.717, 1.165) is 6.26 Å². The van der Waals surface area contributed by atoms with Crippen LogP contribution in [0.25, 0.3) is 0 Å². The lowest BCUT2D eigenvalue weighted by Crippen LogP contribution is -2.23. The predicted molar refractivity (Wildman–Crippen MR) is 70.9 cm³/mol. The second-order valence-corrected chi connectivity index (χ2v) is 6.45. The van der Waals surface area contributed by atoms with E-state index in [4.69, 9.17) is 0 Å². The number of sulfonamides is 1. The number of anilines is 1. The Kier molecular flexibility index (Phi) is 3.89. The third kappa shape index (κ3) is 4.29. The van der Waals surface area contributed by atoms with Gasteiger partial charge in [-0.3, -0.25) is 4.72 Å². The maximum absolute atomic E-state index is 11.1. The van der Waals surface area contributed by atoms with Gasteiger partial charge in [0.05, 0.1) is 12.4 Å². The maximum atomic E-state index is 11.1. The molecule has 0 saturated heterocycles. The molecular formula is C12H18N2O3S. The van der Waals surface area contributed by atoms with Gasteiger partial charge in [-0.25, -0.2) is 8.42 Å². The number of hydrogen-bond donors (Lipinski definition) is 3. The van der Waals surface area contributed by atoms with Crippen molar-refractivity contribution in [3.05, 3.63) is 29.8 Å². The highest BCUT2D eigenvalue weighted by Gasteiger charge is 2.21. The summed E-state index contributed by atoms with van der Waals surface area (Å²) in [5.74, 6) is 0. The Hall–Kier alpha value is -1.11. The molecule has 2 rings (SSSR count). The van der Waals surface area contributed by atoms with Gasteiger partial charge in [0.25, 0.3) is 0 Å². The van der Waals surface area contributed by atoms with Crippen molar-refractivity contribution < 1.29 is 13.5 Å². The van der Waals surface area contributed by atoms with E-state index in [1.54, 1.807) is 24.3 Å². The number of benzene rings is 1. The Morgan fingerprint density at radius 2 is 2.17 bits per heavy atom. The van der Waals surface area contributed by atoms with E-state index in [9.17, 15) is 13.5 Å². The van der Waals surface area contributed by atoms with Crippen LogP contribution in [0.2, 0.25) is 0 Å². The Bertz CT molecular complexity index is 512. The maximum Gasteiger partial charge on any atom is 0.229 e. The van der Waals surface area contributed by atoms with Gasteiger partial charge in [0.2, 0.25) is 10.0 Å². The fourth-order valence-electron chi connectivity index (χ4n) is 1.71. The number of rotatable bonds is 6. The molecule has 1 unspecified atom stereocenters. The van der Waals surface area contributed by atoms with Gasteiger partial charge < -0.3 is 10.4 Å². The first-order chi connectivity index (χ1) is 8.44. The lowest BCUT2D eigenvalue weighted by atomic mass is 10.1. The zero-order chi connectivity index (χ0) is 13.2. The minimum Gasteiger partial charge on any atom is -0.387 e. The molecule has 0 spiro atoms. The Balaban J connectivity index is 2.00. The van der Waals surface area contributed by atoms with Gasteiger partial charge in [0.15, 0.2) is 0 Å². The van der Waals surface area contributed by atoms with Crippen molar-refractivity contribution in [2.45, 2.75) is 25.0 Å². The quantitative estimate of drug-likeness (QED) is 0.716. The summed E-state index contributed by atoms with van der Waals surface area (Å²) >= 11 is 0. The fourth-order valence-corrected chi connectivity index (χ4v) is 2.26. The molecule has 0 aromatic heterocycles. The zero-order valence-electron chi connectivity index (χ0n) is 10.3. The van der Waals surface area contributed by atoms with Crippen LogP contribution in [0.15, 0.2) is 24.3 Å². The Labute approximate surface area is 107 Å². The van der Waals surface area contributed by atoms with E-state index in [-0.39, 0.29) is 0 Å². The molecule has 1 aromatic carbocycles. The molecule has 0 amide bonds. The van der Waals surface area contributed by atoms with Crippen LogP contribution in [0, 0.1) is 0 Å². The summed E-state index contributed by atoms with van der Waals surface area (Å²) in [6.07, 6.45) is 2.82. The van der Waals surface area contributed by atoms with E-state index in [0.29, 0.717) is 23.8 Å². The third-order valence-corrected chi connectivity index (χ3v) is 3.36. The van der Waals surface area contributed by atoms with Crippen LogP contribution in [0.5, 0.6) is 0 Å². The number of nitrogens with one attached hydrogen (secondary N) is 2. The lowest BCUT2D eigenvalue weighted by molar-refractivity contribution is 0.174. The van der Waals surface area contributed by atoms with Crippen LogP contribution in [0.1, 0.15) is 24.5 Å². The largest absolute Gasteiger partial charge is 0.387 e. The number of aliphatic hydroxyl groups excluding tert-OH is 1. The van der Waals surface area contributed by atoms with Gasteiger partial charge in [0.1, 0.15) is 0 Å². The number of aliphatic hydroxyl groups is 1. The molecule has 3 N–H and O–H groups in total. The van der Waals surface area contributed by atoms with Crippen molar-refractivity contribution in [1.82, 2.24) is 5.32 Å². The molecule has 0 aliphatic heterocycles. The van der Waals surface area contributed by atoms with Gasteiger partial charge in [0, 0.05) is 18.3 Å². The average molecular weight is 270 g/mol. The second-order valence-electron chi connectivity index (χ2n) is 4.70. The summed E-state index contributed by atoms with van der Waals surface area (Å²) in [6, 6.07) is 7.36. The molecule has 1 aliphatic carbocycles. The zero-order valence-corrected chi connectivity index (χ0v) is 11.1. The minimum absolute atomic E-state index is 0.473. The highest BCUT2D eigenvalue weighted by atomic mass is 32.2. The summed E-state index contributed by atoms with van der Waals surface area (Å²) in [4.78, 5) is 0. The van der Waals surface area contributed by atoms with E-state index in [1.165, 1.54) is 12.8 Å². The topological polar surface area (TPSA) is 78.4 Å². The number of hydrogen-bond acceptors (Lipinski definition) is 4. The van der Waals surface area contributed by atoms with Crippen LogP contribution < -0.4 is 10.0 Å². The van der Waals surface area contributed by atoms with Crippen molar-refractivity contribution in [2.24, 2.45) is 0 Å².